The molecule has 130 valence electrons. The van der Waals surface area contributed by atoms with Crippen molar-refractivity contribution in [2.75, 3.05) is 14.2 Å². The van der Waals surface area contributed by atoms with E-state index in [-0.39, 0.29) is 12.1 Å². The second-order valence-electron chi connectivity index (χ2n) is 4.62. The predicted molar refractivity (Wildman–Crippen MR) is 91.6 cm³/mol. The molecule has 0 saturated heterocycles. The van der Waals surface area contributed by atoms with E-state index >= 15 is 0 Å². The van der Waals surface area contributed by atoms with Crippen LogP contribution in [0.2, 0.25) is 0 Å². The van der Waals surface area contributed by atoms with E-state index in [0.717, 1.165) is 11.1 Å². The molecule has 0 spiro atoms. The fourth-order valence-electron chi connectivity index (χ4n) is 2.15. The fourth-order valence-corrected chi connectivity index (χ4v) is 2.15. The van der Waals surface area contributed by atoms with E-state index < -0.39 is 16.5 Å². The zero-order valence-electron chi connectivity index (χ0n) is 12.8. The van der Waals surface area contributed by atoms with Gasteiger partial charge in [0, 0.05) is 12.1 Å². The van der Waals surface area contributed by atoms with Crippen molar-refractivity contribution >= 4 is 18.8 Å². The first kappa shape index (κ1) is 20.3. The molecule has 2 rings (SSSR count). The summed E-state index contributed by atoms with van der Waals surface area (Å²) in [4.78, 5) is 0. The van der Waals surface area contributed by atoms with Crippen LogP contribution in [0.4, 0.5) is 0 Å². The Morgan fingerprint density at radius 3 is 1.87 bits per heavy atom. The number of hydrogen-bond donors (Lipinski definition) is 2. The molecular weight excluding hydrogens is 518 g/mol. The van der Waals surface area contributed by atoms with Gasteiger partial charge < -0.3 is 20.9 Å². The first-order valence-corrected chi connectivity index (χ1v) is 12.3. The van der Waals surface area contributed by atoms with Crippen molar-refractivity contribution in [1.29, 1.82) is 0 Å². The summed E-state index contributed by atoms with van der Waals surface area (Å²) in [5.41, 5.74) is 14.4. The molecule has 7 heteroatoms. The van der Waals surface area contributed by atoms with Crippen LogP contribution in [0.15, 0.2) is 48.5 Å². The van der Waals surface area contributed by atoms with Crippen molar-refractivity contribution < 1.29 is 26.0 Å². The summed E-state index contributed by atoms with van der Waals surface area (Å²) < 4.78 is 10.5. The van der Waals surface area contributed by atoms with Gasteiger partial charge in [-0.15, -0.1) is 0 Å². The topological polar surface area (TPSA) is 70.5 Å². The first-order valence-electron chi connectivity index (χ1n) is 6.69. The van der Waals surface area contributed by atoms with Gasteiger partial charge in [0.25, 0.3) is 0 Å². The minimum atomic E-state index is -0.472. The van der Waals surface area contributed by atoms with Crippen LogP contribution in [0, 0.1) is 0 Å². The number of benzene rings is 2. The molecule has 0 amide bonds. The predicted octanol–water partition coefficient (Wildman–Crippen LogP) is 3.78. The van der Waals surface area contributed by atoms with Crippen LogP contribution < -0.4 is 20.9 Å². The minimum absolute atomic E-state index is 0.269. The van der Waals surface area contributed by atoms with Gasteiger partial charge in [-0.1, -0.05) is 36.4 Å². The van der Waals surface area contributed by atoms with Gasteiger partial charge in [0.2, 0.25) is 0 Å². The molecule has 0 aliphatic carbocycles. The zero-order chi connectivity index (χ0) is 17.2. The summed E-state index contributed by atoms with van der Waals surface area (Å²) >= 11 is -0.472. The number of rotatable bonds is 5. The van der Waals surface area contributed by atoms with Crippen molar-refractivity contribution in [1.82, 2.24) is 0 Å². The standard InChI is InChI=1S/C16H20N2O2.2ClH.Pt/c1-19-13-9-8-12(10-14(13)20-2)16(18)15(17)11-6-4-3-5-7-11;;;/h3-10,15-16H,17-18H2,1-2H3;2*1H;/q;;;+2/p-2. The van der Waals surface area contributed by atoms with E-state index in [1.165, 1.54) is 0 Å². The SMILES string of the molecule is COc1ccc(C(N)C(N)c2ccccc2)cc1OC.[Cl][Pt][Cl]. The van der Waals surface area contributed by atoms with E-state index in [0.29, 0.717) is 11.5 Å². The average Bonchev–Trinajstić information content (AvgIpc) is 2.61. The van der Waals surface area contributed by atoms with Crippen LogP contribution in [0.1, 0.15) is 23.2 Å². The third-order valence-corrected chi connectivity index (χ3v) is 3.36. The van der Waals surface area contributed by atoms with Crippen LogP contribution in [-0.2, 0) is 16.5 Å². The molecule has 0 aliphatic rings. The Bertz CT molecular complexity index is 588. The van der Waals surface area contributed by atoms with Crippen LogP contribution in [0.3, 0.4) is 0 Å². The molecule has 2 aromatic carbocycles. The van der Waals surface area contributed by atoms with E-state index in [2.05, 4.69) is 0 Å². The van der Waals surface area contributed by atoms with Crippen LogP contribution in [0.5, 0.6) is 11.5 Å². The van der Waals surface area contributed by atoms with Gasteiger partial charge in [-0.2, -0.15) is 0 Å². The van der Waals surface area contributed by atoms with E-state index in [1.807, 2.05) is 48.5 Å². The summed E-state index contributed by atoms with van der Waals surface area (Å²) in [5, 5.41) is 0. The number of hydrogen-bond acceptors (Lipinski definition) is 4. The normalized spacial score (nSPS) is 12.8. The van der Waals surface area contributed by atoms with Crippen molar-refractivity contribution in [3.05, 3.63) is 59.7 Å². The number of methoxy groups -OCH3 is 2. The van der Waals surface area contributed by atoms with E-state index in [4.69, 9.17) is 39.8 Å². The van der Waals surface area contributed by atoms with Crippen molar-refractivity contribution in [2.45, 2.75) is 12.1 Å². The van der Waals surface area contributed by atoms with Gasteiger partial charge in [0.1, 0.15) is 0 Å². The number of ether oxygens (including phenoxy) is 2. The van der Waals surface area contributed by atoms with Crippen LogP contribution in [-0.4, -0.2) is 14.2 Å². The molecular formula is C16H20Cl2N2O2Pt. The van der Waals surface area contributed by atoms with E-state index in [9.17, 15) is 0 Å². The summed E-state index contributed by atoms with van der Waals surface area (Å²) in [6.45, 7) is 0. The second-order valence-corrected chi connectivity index (χ2v) is 7.90. The zero-order valence-corrected chi connectivity index (χ0v) is 16.6. The number of nitrogens with two attached hydrogens (primary N) is 2. The van der Waals surface area contributed by atoms with E-state index in [1.54, 1.807) is 14.2 Å². The van der Waals surface area contributed by atoms with Crippen molar-refractivity contribution in [2.24, 2.45) is 11.5 Å². The Balaban J connectivity index is 0.000000816. The molecule has 0 saturated carbocycles. The molecule has 2 unspecified atom stereocenters. The monoisotopic (exact) mass is 537 g/mol. The third-order valence-electron chi connectivity index (χ3n) is 3.36. The van der Waals surface area contributed by atoms with Gasteiger partial charge in [0.15, 0.2) is 11.5 Å². The molecule has 2 atom stereocenters. The molecule has 4 nitrogen and oxygen atoms in total. The molecule has 0 aliphatic heterocycles. The average molecular weight is 538 g/mol. The van der Waals surface area contributed by atoms with Gasteiger partial charge in [-0.25, -0.2) is 0 Å². The fraction of sp³-hybridized carbons (Fsp3) is 0.250. The van der Waals surface area contributed by atoms with Gasteiger partial charge in [0.05, 0.1) is 14.2 Å². The number of halogens is 2. The van der Waals surface area contributed by atoms with Gasteiger partial charge in [-0.3, -0.25) is 0 Å². The van der Waals surface area contributed by atoms with Crippen molar-refractivity contribution in [3.63, 3.8) is 0 Å². The Morgan fingerprint density at radius 1 is 0.826 bits per heavy atom. The second kappa shape index (κ2) is 10.9. The van der Waals surface area contributed by atoms with Gasteiger partial charge in [-0.05, 0) is 23.3 Å². The molecule has 4 N–H and O–H groups in total. The molecule has 0 heterocycles. The van der Waals surface area contributed by atoms with Crippen LogP contribution in [0.25, 0.3) is 0 Å². The van der Waals surface area contributed by atoms with Crippen LogP contribution >= 0.6 is 18.8 Å². The Kier molecular flexibility index (Phi) is 9.61. The molecule has 2 aromatic rings. The summed E-state index contributed by atoms with van der Waals surface area (Å²) in [7, 11) is 13.0. The molecule has 0 fully saturated rings. The third kappa shape index (κ3) is 5.98. The Labute approximate surface area is 153 Å². The maximum atomic E-state index is 6.26. The molecule has 0 aromatic heterocycles. The quantitative estimate of drug-likeness (QED) is 0.609. The van der Waals surface area contributed by atoms with Gasteiger partial charge >= 0.3 is 35.3 Å². The first-order chi connectivity index (χ1) is 11.1. The maximum absolute atomic E-state index is 6.26. The molecule has 23 heavy (non-hydrogen) atoms. The Morgan fingerprint density at radius 2 is 1.35 bits per heavy atom. The summed E-state index contributed by atoms with van der Waals surface area (Å²) in [6.07, 6.45) is 0. The molecule has 0 bridgehead atoms. The van der Waals surface area contributed by atoms with Crippen molar-refractivity contribution in [3.8, 4) is 11.5 Å². The Hall–Kier alpha value is -0.772. The summed E-state index contributed by atoms with van der Waals surface area (Å²) in [5.74, 6) is 1.33. The summed E-state index contributed by atoms with van der Waals surface area (Å²) in [6, 6.07) is 14.9. The molecule has 0 radical (unpaired) electrons.